The van der Waals surface area contributed by atoms with Crippen LogP contribution in [0, 0.1) is 11.3 Å². The van der Waals surface area contributed by atoms with Gasteiger partial charge < -0.3 is 4.74 Å². The molecule has 8 nitrogen and oxygen atoms in total. The molecule has 0 saturated carbocycles. The van der Waals surface area contributed by atoms with Crippen LogP contribution in [0.3, 0.4) is 0 Å². The Morgan fingerprint density at radius 3 is 2.56 bits per heavy atom. The van der Waals surface area contributed by atoms with Crippen molar-refractivity contribution in [1.82, 2.24) is 20.2 Å². The van der Waals surface area contributed by atoms with E-state index in [0.29, 0.717) is 23.1 Å². The van der Waals surface area contributed by atoms with Gasteiger partial charge in [-0.25, -0.2) is 9.48 Å². The highest BCUT2D eigenvalue weighted by atomic mass is 35.5. The number of hydrogen-bond donors (Lipinski definition) is 0. The number of tetrazole rings is 1. The van der Waals surface area contributed by atoms with Gasteiger partial charge in [-0.15, -0.1) is 5.10 Å². The maximum absolute atomic E-state index is 13.2. The molecule has 32 heavy (non-hydrogen) atoms. The number of ether oxygens (including phenoxy) is 1. The number of aromatic nitrogens is 4. The maximum atomic E-state index is 13.2. The number of carbonyl (C=O) groups excluding carboxylic acids is 1. The zero-order valence-corrected chi connectivity index (χ0v) is 19.2. The van der Waals surface area contributed by atoms with E-state index in [1.165, 1.54) is 9.58 Å². The molecular formula is C23H25ClN6O2. The van der Waals surface area contributed by atoms with E-state index in [9.17, 15) is 4.79 Å². The molecule has 0 N–H and O–H groups in total. The highest BCUT2D eigenvalue weighted by Crippen LogP contribution is 2.31. The van der Waals surface area contributed by atoms with Crippen molar-refractivity contribution in [1.29, 1.82) is 5.26 Å². The second-order valence-electron chi connectivity index (χ2n) is 8.25. The molecule has 1 aromatic heterocycles. The van der Waals surface area contributed by atoms with Crippen LogP contribution < -0.4 is 4.90 Å². The van der Waals surface area contributed by atoms with Crippen molar-refractivity contribution in [2.24, 2.45) is 0 Å². The number of amides is 1. The van der Waals surface area contributed by atoms with Crippen molar-refractivity contribution < 1.29 is 9.53 Å². The number of benzene rings is 2. The Bertz CT molecular complexity index is 1110. The number of anilines is 1. The van der Waals surface area contributed by atoms with Gasteiger partial charge in [0.05, 0.1) is 25.1 Å². The number of rotatable bonds is 6. The van der Waals surface area contributed by atoms with Crippen LogP contribution in [-0.2, 0) is 11.3 Å². The van der Waals surface area contributed by atoms with E-state index in [1.807, 2.05) is 76.2 Å². The van der Waals surface area contributed by atoms with Crippen molar-refractivity contribution in [2.45, 2.75) is 52.3 Å². The summed E-state index contributed by atoms with van der Waals surface area (Å²) in [6, 6.07) is 16.7. The first kappa shape index (κ1) is 23.2. The molecule has 0 fully saturated rings. The van der Waals surface area contributed by atoms with E-state index >= 15 is 0 Å². The van der Waals surface area contributed by atoms with Crippen LogP contribution in [0.1, 0.15) is 46.0 Å². The quantitative estimate of drug-likeness (QED) is 0.496. The highest BCUT2D eigenvalue weighted by molar-refractivity contribution is 6.30. The fourth-order valence-corrected chi connectivity index (χ4v) is 3.41. The largest absolute Gasteiger partial charge is 0.443 e. The third-order valence-corrected chi connectivity index (χ3v) is 4.88. The molecule has 0 aliphatic heterocycles. The molecule has 0 aliphatic carbocycles. The fourth-order valence-electron chi connectivity index (χ4n) is 3.22. The van der Waals surface area contributed by atoms with Gasteiger partial charge in [-0.2, -0.15) is 5.26 Å². The summed E-state index contributed by atoms with van der Waals surface area (Å²) in [7, 11) is 0. The molecule has 9 heteroatoms. The predicted octanol–water partition coefficient (Wildman–Crippen LogP) is 5.41. The Morgan fingerprint density at radius 2 is 1.94 bits per heavy atom. The van der Waals surface area contributed by atoms with Gasteiger partial charge in [0.15, 0.2) is 5.82 Å². The molecule has 0 spiro atoms. The van der Waals surface area contributed by atoms with Gasteiger partial charge in [-0.05, 0) is 73.5 Å². The number of hydrogen-bond acceptors (Lipinski definition) is 6. The van der Waals surface area contributed by atoms with Gasteiger partial charge in [-0.3, -0.25) is 4.90 Å². The first-order valence-electron chi connectivity index (χ1n) is 10.2. The zero-order valence-electron chi connectivity index (χ0n) is 18.5. The summed E-state index contributed by atoms with van der Waals surface area (Å²) in [5, 5.41) is 21.4. The molecule has 1 heterocycles. The lowest BCUT2D eigenvalue weighted by molar-refractivity contribution is 0.0565. The molecule has 0 saturated heterocycles. The van der Waals surface area contributed by atoms with Crippen LogP contribution in [-0.4, -0.2) is 31.9 Å². The average molecular weight is 453 g/mol. The summed E-state index contributed by atoms with van der Waals surface area (Å²) in [6.45, 7) is 7.59. The molecule has 0 bridgehead atoms. The van der Waals surface area contributed by atoms with Crippen LogP contribution >= 0.6 is 11.6 Å². The molecular weight excluding hydrogens is 428 g/mol. The Kier molecular flexibility index (Phi) is 7.11. The van der Waals surface area contributed by atoms with Crippen molar-refractivity contribution in [3.05, 3.63) is 59.4 Å². The van der Waals surface area contributed by atoms with Crippen molar-refractivity contribution >= 4 is 23.4 Å². The maximum Gasteiger partial charge on any atom is 0.415 e. The molecule has 166 valence electrons. The van der Waals surface area contributed by atoms with E-state index in [-0.39, 0.29) is 6.42 Å². The van der Waals surface area contributed by atoms with E-state index < -0.39 is 17.7 Å². The van der Waals surface area contributed by atoms with E-state index in [2.05, 4.69) is 21.6 Å². The van der Waals surface area contributed by atoms with Crippen LogP contribution in [0.15, 0.2) is 48.5 Å². The monoisotopic (exact) mass is 452 g/mol. The van der Waals surface area contributed by atoms with Crippen molar-refractivity contribution in [3.8, 4) is 17.2 Å². The second kappa shape index (κ2) is 9.79. The molecule has 0 radical (unpaired) electrons. The third-order valence-electron chi connectivity index (χ3n) is 4.65. The lowest BCUT2D eigenvalue weighted by Crippen LogP contribution is -2.39. The first-order valence-corrected chi connectivity index (χ1v) is 10.6. The van der Waals surface area contributed by atoms with Crippen LogP contribution in [0.25, 0.3) is 11.1 Å². The normalized spacial score (nSPS) is 12.1. The summed E-state index contributed by atoms with van der Waals surface area (Å²) in [4.78, 5) is 14.7. The van der Waals surface area contributed by atoms with Crippen molar-refractivity contribution in [3.63, 3.8) is 0 Å². The smallest absolute Gasteiger partial charge is 0.415 e. The second-order valence-corrected chi connectivity index (χ2v) is 8.69. The molecule has 0 aliphatic rings. The number of nitriles is 1. The van der Waals surface area contributed by atoms with Crippen LogP contribution in [0.4, 0.5) is 10.5 Å². The molecule has 1 atom stereocenters. The lowest BCUT2D eigenvalue weighted by atomic mass is 10.0. The van der Waals surface area contributed by atoms with Gasteiger partial charge in [0.25, 0.3) is 0 Å². The minimum absolute atomic E-state index is 0.255. The van der Waals surface area contributed by atoms with Crippen molar-refractivity contribution in [2.75, 3.05) is 4.90 Å². The first-order chi connectivity index (χ1) is 15.2. The lowest BCUT2D eigenvalue weighted by Gasteiger charge is -2.31. The Morgan fingerprint density at radius 1 is 1.22 bits per heavy atom. The average Bonchev–Trinajstić information content (AvgIpc) is 3.20. The molecule has 1 amide bonds. The van der Waals surface area contributed by atoms with Gasteiger partial charge in [0.1, 0.15) is 5.60 Å². The number of aryl methyl sites for hydroxylation is 1. The molecule has 1 unspecified atom stereocenters. The van der Waals surface area contributed by atoms with Gasteiger partial charge in [0.2, 0.25) is 0 Å². The van der Waals surface area contributed by atoms with Crippen LogP contribution in [0.2, 0.25) is 5.02 Å². The Hall–Kier alpha value is -3.44. The fraction of sp³-hybridized carbons (Fsp3) is 0.348. The minimum Gasteiger partial charge on any atom is -0.443 e. The summed E-state index contributed by atoms with van der Waals surface area (Å²) >= 11 is 6.12. The van der Waals surface area contributed by atoms with E-state index in [4.69, 9.17) is 21.6 Å². The molecule has 2 aromatic carbocycles. The molecule has 3 aromatic rings. The van der Waals surface area contributed by atoms with E-state index in [1.54, 1.807) is 0 Å². The van der Waals surface area contributed by atoms with Crippen LogP contribution in [0.5, 0.6) is 0 Å². The molecule has 3 rings (SSSR count). The van der Waals surface area contributed by atoms with Gasteiger partial charge in [0, 0.05) is 10.7 Å². The summed E-state index contributed by atoms with van der Waals surface area (Å²) in [6.07, 6.45) is -0.263. The zero-order chi connectivity index (χ0) is 23.3. The minimum atomic E-state index is -0.678. The summed E-state index contributed by atoms with van der Waals surface area (Å²) in [5.41, 5.74) is 1.89. The Labute approximate surface area is 192 Å². The SMILES string of the molecule is CC(c1nnnn1CCC#N)N(C(=O)OC(C)(C)C)c1ccc(-c2cccc(Cl)c2)cc1. The van der Waals surface area contributed by atoms with Gasteiger partial charge >= 0.3 is 6.09 Å². The highest BCUT2D eigenvalue weighted by Gasteiger charge is 2.31. The van der Waals surface area contributed by atoms with E-state index in [0.717, 1.165) is 11.1 Å². The third kappa shape index (κ3) is 5.62. The standard InChI is InChI=1S/C23H25ClN6O2/c1-16(21-26-27-28-29(21)14-6-13-25)30(22(31)32-23(2,3)4)20-11-9-17(10-12-20)18-7-5-8-19(24)15-18/h5,7-12,15-16H,6,14H2,1-4H3. The number of halogens is 1. The summed E-state index contributed by atoms with van der Waals surface area (Å²) in [5.74, 6) is 0.463. The predicted molar refractivity (Wildman–Crippen MR) is 122 cm³/mol. The Balaban J connectivity index is 1.97. The number of nitrogens with zero attached hydrogens (tertiary/aromatic N) is 6. The topological polar surface area (TPSA) is 96.9 Å². The van der Waals surface area contributed by atoms with Gasteiger partial charge in [-0.1, -0.05) is 35.9 Å². The number of carbonyl (C=O) groups is 1. The summed E-state index contributed by atoms with van der Waals surface area (Å²) < 4.78 is 7.20.